The molecule has 10 atom stereocenters. The van der Waals surface area contributed by atoms with E-state index in [1.165, 1.54) is 86.0 Å². The number of hydrogen-bond donors (Lipinski definition) is 5. The summed E-state index contributed by atoms with van der Waals surface area (Å²) >= 11 is 0. The van der Waals surface area contributed by atoms with Crippen molar-refractivity contribution in [3.05, 3.63) is 190 Å². The molecule has 5 N–H and O–H groups in total. The van der Waals surface area contributed by atoms with Crippen molar-refractivity contribution in [2.45, 2.75) is 285 Å². The van der Waals surface area contributed by atoms with Gasteiger partial charge in [-0.25, -0.2) is 0 Å². The minimum atomic E-state index is -0.292. The number of hydrogen-bond acceptors (Lipinski definition) is 5. The molecule has 0 saturated heterocycles. The van der Waals surface area contributed by atoms with Crippen LogP contribution in [0.5, 0.6) is 0 Å². The summed E-state index contributed by atoms with van der Waals surface area (Å²) in [7, 11) is 0. The predicted octanol–water partition coefficient (Wildman–Crippen LogP) is 22.4. The highest BCUT2D eigenvalue weighted by Crippen LogP contribution is 2.40. The zero-order valence-electron chi connectivity index (χ0n) is 59.2. The fraction of sp³-hybridized carbons (Fsp3) is 0.550. The third kappa shape index (κ3) is 28.2. The molecule has 0 amide bonds. The molecule has 5 aliphatic rings. The maximum Gasteiger partial charge on any atom is 0.0646 e. The van der Waals surface area contributed by atoms with Crippen molar-refractivity contribution in [1.82, 2.24) is 0 Å². The van der Waals surface area contributed by atoms with Crippen LogP contribution in [0.25, 0.3) is 22.3 Å². The predicted molar refractivity (Wildman–Crippen MR) is 381 cm³/mol. The van der Waals surface area contributed by atoms with Gasteiger partial charge in [-0.1, -0.05) is 332 Å². The van der Waals surface area contributed by atoms with Gasteiger partial charge in [0.05, 0.1) is 30.5 Å². The zero-order chi connectivity index (χ0) is 66.0. The molecule has 5 aliphatic carbocycles. The monoisotopic (exact) mass is 1170 g/mol. The summed E-state index contributed by atoms with van der Waals surface area (Å²) in [6.45, 7) is 50.5. The van der Waals surface area contributed by atoms with Crippen molar-refractivity contribution < 1.29 is 25.5 Å². The molecule has 0 spiro atoms. The van der Waals surface area contributed by atoms with Crippen LogP contribution in [0.4, 0.5) is 0 Å². The standard InChI is InChI=1S/2C16H16O.C11H14O.C10H12O.C7H14O.10C2H6/c2*1-11-13-7-4-5-9-15(13)14-8-3-2-6-12(14)10-16(11)17;1-8-10-5-3-2-4-9(10)6-7-11(8)12;1-7-9-5-3-2-4-8(9)6-10(7)11;1-6-4-2-3-5-7(6)8;10*1-2/h2*2-9,11,16-17H,10H2,1H3;2-5,8,11-12H,6-7H2,1H3;2-5,7,10-11H,6H2,1H3;6-8H,2-5H2,1H3;10*1-2H3. The largest absolute Gasteiger partial charge is 0.393 e. The molecule has 85 heavy (non-hydrogen) atoms. The van der Waals surface area contributed by atoms with E-state index in [-0.39, 0.29) is 42.4 Å². The molecule has 11 rings (SSSR count). The van der Waals surface area contributed by atoms with Crippen molar-refractivity contribution in [3.8, 4) is 22.3 Å². The van der Waals surface area contributed by atoms with Gasteiger partial charge in [-0.3, -0.25) is 0 Å². The number of aliphatic hydroxyl groups is 5. The molecule has 10 unspecified atom stereocenters. The van der Waals surface area contributed by atoms with E-state index >= 15 is 0 Å². The third-order valence-corrected chi connectivity index (χ3v) is 15.0. The minimum absolute atomic E-state index is 0.00347. The van der Waals surface area contributed by atoms with Crippen molar-refractivity contribution >= 4 is 0 Å². The Kier molecular flexibility index (Phi) is 55.5. The lowest BCUT2D eigenvalue weighted by Gasteiger charge is -2.27. The third-order valence-electron chi connectivity index (χ3n) is 15.0. The topological polar surface area (TPSA) is 101 Å². The Balaban J connectivity index is -0.000000455. The van der Waals surface area contributed by atoms with Gasteiger partial charge < -0.3 is 25.5 Å². The molecule has 0 heterocycles. The van der Waals surface area contributed by atoms with Crippen molar-refractivity contribution in [2.75, 3.05) is 0 Å². The van der Waals surface area contributed by atoms with Crippen LogP contribution < -0.4 is 0 Å². The fourth-order valence-electron chi connectivity index (χ4n) is 10.5. The van der Waals surface area contributed by atoms with E-state index in [1.807, 2.05) is 169 Å². The molecular weight excluding hydrogens is 1040 g/mol. The van der Waals surface area contributed by atoms with Crippen LogP contribution in [-0.4, -0.2) is 56.1 Å². The van der Waals surface area contributed by atoms with Crippen molar-refractivity contribution in [1.29, 1.82) is 0 Å². The lowest BCUT2D eigenvalue weighted by atomic mass is 9.82. The van der Waals surface area contributed by atoms with Crippen molar-refractivity contribution in [2.24, 2.45) is 5.92 Å². The van der Waals surface area contributed by atoms with E-state index < -0.39 is 0 Å². The molecule has 5 heteroatoms. The van der Waals surface area contributed by atoms with E-state index in [9.17, 15) is 25.5 Å². The molecule has 0 aliphatic heterocycles. The molecule has 0 aromatic heterocycles. The number of rotatable bonds is 0. The summed E-state index contributed by atoms with van der Waals surface area (Å²) in [6, 6.07) is 50.3. The van der Waals surface area contributed by atoms with Crippen molar-refractivity contribution in [3.63, 3.8) is 0 Å². The molecular formula is C80H132O5. The number of benzene rings is 6. The highest BCUT2D eigenvalue weighted by Gasteiger charge is 2.28. The van der Waals surface area contributed by atoms with Crippen LogP contribution >= 0.6 is 0 Å². The minimum Gasteiger partial charge on any atom is -0.393 e. The van der Waals surface area contributed by atoms with Gasteiger partial charge in [-0.05, 0) is 118 Å². The average Bonchev–Trinajstić information content (AvgIpc) is 3.94. The highest BCUT2D eigenvalue weighted by atomic mass is 16.3. The first-order valence-electron chi connectivity index (χ1n) is 34.3. The maximum absolute atomic E-state index is 10.3. The molecule has 0 radical (unpaired) electrons. The number of aryl methyl sites for hydroxylation is 1. The lowest BCUT2D eigenvalue weighted by Crippen LogP contribution is -2.22. The summed E-state index contributed by atoms with van der Waals surface area (Å²) in [6.07, 6.45) is 8.18. The molecule has 0 bridgehead atoms. The van der Waals surface area contributed by atoms with Gasteiger partial charge >= 0.3 is 0 Å². The lowest BCUT2D eigenvalue weighted by molar-refractivity contribution is 0.0793. The van der Waals surface area contributed by atoms with E-state index in [2.05, 4.69) is 150 Å². The first kappa shape index (κ1) is 86.6. The SMILES string of the molecule is CC.CC.CC.CC.CC.CC.CC.CC.CC.CC.CC1CCCCC1O.CC1c2ccccc2-c2ccccc2CC1O.CC1c2ccccc2-c2ccccc2CC1O.CC1c2ccccc2CC1O.CC1c2ccccc2CCC1O. The average molecular weight is 1170 g/mol. The molecule has 482 valence electrons. The highest BCUT2D eigenvalue weighted by molar-refractivity contribution is 5.73. The van der Waals surface area contributed by atoms with Gasteiger partial charge in [0.2, 0.25) is 0 Å². The van der Waals surface area contributed by atoms with Crippen LogP contribution in [0.1, 0.15) is 273 Å². The first-order chi connectivity index (χ1) is 41.4. The van der Waals surface area contributed by atoms with Gasteiger partial charge in [-0.15, -0.1) is 0 Å². The Bertz CT molecular complexity index is 2330. The van der Waals surface area contributed by atoms with Gasteiger partial charge in [-0.2, -0.15) is 0 Å². The molecule has 5 nitrogen and oxygen atoms in total. The molecule has 6 aromatic rings. The number of fused-ring (bicyclic) bond motifs is 8. The van der Waals surface area contributed by atoms with Gasteiger partial charge in [0.1, 0.15) is 0 Å². The van der Waals surface area contributed by atoms with Gasteiger partial charge in [0, 0.05) is 23.7 Å². The fourth-order valence-corrected chi connectivity index (χ4v) is 10.5. The quantitative estimate of drug-likeness (QED) is 0.104. The maximum atomic E-state index is 10.3. The zero-order valence-corrected chi connectivity index (χ0v) is 59.2. The van der Waals surface area contributed by atoms with E-state index in [0.29, 0.717) is 17.8 Å². The number of aliphatic hydroxyl groups excluding tert-OH is 5. The van der Waals surface area contributed by atoms with E-state index in [4.69, 9.17) is 0 Å². The second-order valence-electron chi connectivity index (χ2n) is 19.3. The van der Waals surface area contributed by atoms with Crippen LogP contribution in [0.2, 0.25) is 0 Å². The van der Waals surface area contributed by atoms with Crippen LogP contribution in [0.15, 0.2) is 146 Å². The second kappa shape index (κ2) is 54.5. The van der Waals surface area contributed by atoms with E-state index in [0.717, 1.165) is 38.5 Å². The summed E-state index contributed by atoms with van der Waals surface area (Å²) in [5.41, 5.74) is 15.5. The normalized spacial score (nSPS) is 21.1. The summed E-state index contributed by atoms with van der Waals surface area (Å²) in [5, 5.41) is 48.8. The molecule has 6 aromatic carbocycles. The van der Waals surface area contributed by atoms with Crippen LogP contribution in [-0.2, 0) is 25.7 Å². The smallest absolute Gasteiger partial charge is 0.0646 e. The Labute approximate surface area is 526 Å². The summed E-state index contributed by atoms with van der Waals surface area (Å²) in [4.78, 5) is 0. The Hall–Kier alpha value is -4.88. The van der Waals surface area contributed by atoms with E-state index in [1.54, 1.807) is 0 Å². The Morgan fingerprint density at radius 1 is 0.247 bits per heavy atom. The van der Waals surface area contributed by atoms with Crippen LogP contribution in [0.3, 0.4) is 0 Å². The molecule has 1 fully saturated rings. The second-order valence-corrected chi connectivity index (χ2v) is 19.3. The van der Waals surface area contributed by atoms with Gasteiger partial charge in [0.25, 0.3) is 0 Å². The van der Waals surface area contributed by atoms with Crippen LogP contribution in [0, 0.1) is 5.92 Å². The first-order valence-corrected chi connectivity index (χ1v) is 34.3. The Morgan fingerprint density at radius 2 is 0.506 bits per heavy atom. The van der Waals surface area contributed by atoms with Gasteiger partial charge in [0.15, 0.2) is 0 Å². The Morgan fingerprint density at radius 3 is 0.847 bits per heavy atom. The summed E-state index contributed by atoms with van der Waals surface area (Å²) < 4.78 is 0. The molecule has 1 saturated carbocycles. The summed E-state index contributed by atoms with van der Waals surface area (Å²) in [5.74, 6) is 1.59.